The third kappa shape index (κ3) is 3.97. The number of hydrogen-bond acceptors (Lipinski definition) is 5. The van der Waals surface area contributed by atoms with Gasteiger partial charge in [0.25, 0.3) is 0 Å². The SMILES string of the molecule is COc1cc(OC)c(NC(=O)NCC2(n3ccc4cccnc43)CCCC2)c(OC)c1. The quantitative estimate of drug-likeness (QED) is 0.595. The van der Waals surface area contributed by atoms with E-state index in [2.05, 4.69) is 38.5 Å². The number of anilines is 1. The van der Waals surface area contributed by atoms with Crippen LogP contribution in [0.5, 0.6) is 17.2 Å². The van der Waals surface area contributed by atoms with Gasteiger partial charge in [-0.3, -0.25) is 0 Å². The van der Waals surface area contributed by atoms with Crippen molar-refractivity contribution in [3.63, 3.8) is 0 Å². The Morgan fingerprint density at radius 1 is 1.10 bits per heavy atom. The molecule has 0 saturated heterocycles. The van der Waals surface area contributed by atoms with Crippen LogP contribution in [0.4, 0.5) is 10.5 Å². The second-order valence-corrected chi connectivity index (χ2v) is 7.75. The number of carbonyl (C=O) groups excluding carboxylic acids is 1. The van der Waals surface area contributed by atoms with Crippen LogP contribution < -0.4 is 24.8 Å². The number of nitrogens with zero attached hydrogens (tertiary/aromatic N) is 2. The van der Waals surface area contributed by atoms with Crippen LogP contribution in [0.2, 0.25) is 0 Å². The van der Waals surface area contributed by atoms with Crippen molar-refractivity contribution in [2.75, 3.05) is 33.2 Å². The zero-order chi connectivity index (χ0) is 21.8. The number of carbonyl (C=O) groups is 1. The number of ether oxygens (including phenoxy) is 3. The highest BCUT2D eigenvalue weighted by molar-refractivity contribution is 5.93. The van der Waals surface area contributed by atoms with Gasteiger partial charge < -0.3 is 29.4 Å². The summed E-state index contributed by atoms with van der Waals surface area (Å²) in [4.78, 5) is 17.4. The summed E-state index contributed by atoms with van der Waals surface area (Å²) in [5.74, 6) is 1.50. The number of amides is 2. The molecule has 164 valence electrons. The largest absolute Gasteiger partial charge is 0.496 e. The van der Waals surface area contributed by atoms with Crippen LogP contribution in [0, 0.1) is 0 Å². The Bertz CT molecular complexity index is 1050. The van der Waals surface area contributed by atoms with Gasteiger partial charge in [-0.2, -0.15) is 0 Å². The van der Waals surface area contributed by atoms with E-state index in [0.717, 1.165) is 36.7 Å². The van der Waals surface area contributed by atoms with E-state index in [1.807, 2.05) is 12.3 Å². The van der Waals surface area contributed by atoms with Crippen LogP contribution in [0.3, 0.4) is 0 Å². The summed E-state index contributed by atoms with van der Waals surface area (Å²) in [6.45, 7) is 0.500. The Kier molecular flexibility index (Phi) is 5.88. The molecule has 1 fully saturated rings. The summed E-state index contributed by atoms with van der Waals surface area (Å²) in [5, 5.41) is 7.04. The van der Waals surface area contributed by atoms with Crippen molar-refractivity contribution in [3.8, 4) is 17.2 Å². The molecule has 2 aromatic heterocycles. The standard InChI is InChI=1S/C23H28N4O4/c1-29-17-13-18(30-2)20(19(14-17)31-3)26-22(28)25-15-23(9-4-5-10-23)27-12-8-16-7-6-11-24-21(16)27/h6-8,11-14H,4-5,9-10,15H2,1-3H3,(H2,25,26,28). The summed E-state index contributed by atoms with van der Waals surface area (Å²) in [6.07, 6.45) is 8.11. The molecule has 1 aliphatic carbocycles. The molecule has 8 nitrogen and oxygen atoms in total. The van der Waals surface area contributed by atoms with Crippen molar-refractivity contribution in [1.29, 1.82) is 0 Å². The molecule has 2 amide bonds. The second-order valence-electron chi connectivity index (χ2n) is 7.75. The van der Waals surface area contributed by atoms with Crippen LogP contribution in [-0.4, -0.2) is 43.5 Å². The van der Waals surface area contributed by atoms with E-state index < -0.39 is 0 Å². The fourth-order valence-electron chi connectivity index (χ4n) is 4.42. The van der Waals surface area contributed by atoms with Gasteiger partial charge in [-0.15, -0.1) is 0 Å². The molecule has 4 rings (SSSR count). The molecule has 2 N–H and O–H groups in total. The van der Waals surface area contributed by atoms with Gasteiger partial charge in [0.1, 0.15) is 28.6 Å². The molecule has 0 atom stereocenters. The predicted octanol–water partition coefficient (Wildman–Crippen LogP) is 4.15. The van der Waals surface area contributed by atoms with E-state index in [1.165, 1.54) is 14.2 Å². The molecule has 0 radical (unpaired) electrons. The maximum atomic E-state index is 12.8. The lowest BCUT2D eigenvalue weighted by molar-refractivity contribution is 0.239. The molecule has 31 heavy (non-hydrogen) atoms. The Hall–Kier alpha value is -3.42. The van der Waals surface area contributed by atoms with Crippen molar-refractivity contribution in [2.45, 2.75) is 31.2 Å². The number of aromatic nitrogens is 2. The van der Waals surface area contributed by atoms with Gasteiger partial charge in [0, 0.05) is 36.5 Å². The summed E-state index contributed by atoms with van der Waals surface area (Å²) in [7, 11) is 4.64. The van der Waals surface area contributed by atoms with Crippen molar-refractivity contribution in [2.24, 2.45) is 0 Å². The van der Waals surface area contributed by atoms with Crippen LogP contribution in [-0.2, 0) is 5.54 Å². The van der Waals surface area contributed by atoms with Crippen LogP contribution in [0.15, 0.2) is 42.7 Å². The maximum absolute atomic E-state index is 12.8. The number of benzene rings is 1. The number of fused-ring (bicyclic) bond motifs is 1. The van der Waals surface area contributed by atoms with Gasteiger partial charge in [-0.05, 0) is 31.0 Å². The van der Waals surface area contributed by atoms with Gasteiger partial charge in [0.2, 0.25) is 0 Å². The average Bonchev–Trinajstić information content (AvgIpc) is 3.45. The number of rotatable bonds is 7. The zero-order valence-electron chi connectivity index (χ0n) is 18.1. The first-order valence-electron chi connectivity index (χ1n) is 10.4. The van der Waals surface area contributed by atoms with Crippen molar-refractivity contribution >= 4 is 22.8 Å². The van der Waals surface area contributed by atoms with E-state index in [9.17, 15) is 4.79 Å². The molecule has 8 heteroatoms. The number of nitrogens with one attached hydrogen (secondary N) is 2. The predicted molar refractivity (Wildman–Crippen MR) is 119 cm³/mol. The first-order chi connectivity index (χ1) is 15.1. The van der Waals surface area contributed by atoms with Gasteiger partial charge >= 0.3 is 6.03 Å². The normalized spacial score (nSPS) is 14.9. The van der Waals surface area contributed by atoms with Crippen LogP contribution >= 0.6 is 0 Å². The molecule has 0 unspecified atom stereocenters. The number of methoxy groups -OCH3 is 3. The lowest BCUT2D eigenvalue weighted by Gasteiger charge is -2.32. The van der Waals surface area contributed by atoms with Gasteiger partial charge in [0.05, 0.1) is 26.9 Å². The highest BCUT2D eigenvalue weighted by atomic mass is 16.5. The summed E-state index contributed by atoms with van der Waals surface area (Å²) < 4.78 is 18.3. The van der Waals surface area contributed by atoms with Gasteiger partial charge in [0.15, 0.2) is 0 Å². The fraction of sp³-hybridized carbons (Fsp3) is 0.391. The molecule has 3 aromatic rings. The highest BCUT2D eigenvalue weighted by Gasteiger charge is 2.37. The van der Waals surface area contributed by atoms with Gasteiger partial charge in [-0.25, -0.2) is 9.78 Å². The third-order valence-corrected chi connectivity index (χ3v) is 6.03. The fourth-order valence-corrected chi connectivity index (χ4v) is 4.42. The van der Waals surface area contributed by atoms with E-state index in [0.29, 0.717) is 29.5 Å². The van der Waals surface area contributed by atoms with Crippen LogP contribution in [0.25, 0.3) is 11.0 Å². The van der Waals surface area contributed by atoms with Crippen molar-refractivity contribution in [3.05, 3.63) is 42.7 Å². The van der Waals surface area contributed by atoms with Crippen molar-refractivity contribution in [1.82, 2.24) is 14.9 Å². The summed E-state index contributed by atoms with van der Waals surface area (Å²) in [5.41, 5.74) is 1.21. The van der Waals surface area contributed by atoms with E-state index in [1.54, 1.807) is 19.2 Å². The van der Waals surface area contributed by atoms with Gasteiger partial charge in [-0.1, -0.05) is 12.8 Å². The highest BCUT2D eigenvalue weighted by Crippen LogP contribution is 2.40. The lowest BCUT2D eigenvalue weighted by atomic mass is 9.97. The topological polar surface area (TPSA) is 86.6 Å². The molecule has 1 aromatic carbocycles. The molecule has 0 spiro atoms. The monoisotopic (exact) mass is 424 g/mol. The Balaban J connectivity index is 1.54. The maximum Gasteiger partial charge on any atom is 0.319 e. The van der Waals surface area contributed by atoms with E-state index >= 15 is 0 Å². The smallest absolute Gasteiger partial charge is 0.319 e. The minimum absolute atomic E-state index is 0.193. The second kappa shape index (κ2) is 8.75. The van der Waals surface area contributed by atoms with E-state index in [-0.39, 0.29) is 11.6 Å². The first-order valence-corrected chi connectivity index (χ1v) is 10.4. The molecule has 1 aliphatic rings. The summed E-state index contributed by atoms with van der Waals surface area (Å²) in [6, 6.07) is 9.16. The molecule has 0 aliphatic heterocycles. The molecular formula is C23H28N4O4. The Morgan fingerprint density at radius 3 is 2.45 bits per heavy atom. The minimum Gasteiger partial charge on any atom is -0.496 e. The number of pyridine rings is 1. The molecule has 1 saturated carbocycles. The van der Waals surface area contributed by atoms with Crippen LogP contribution in [0.1, 0.15) is 25.7 Å². The third-order valence-electron chi connectivity index (χ3n) is 6.03. The van der Waals surface area contributed by atoms with E-state index in [4.69, 9.17) is 14.2 Å². The Morgan fingerprint density at radius 2 is 1.81 bits per heavy atom. The summed E-state index contributed by atoms with van der Waals surface area (Å²) >= 11 is 0. The Labute approximate surface area is 181 Å². The molecular weight excluding hydrogens is 396 g/mol. The first kappa shape index (κ1) is 20.8. The number of urea groups is 1. The van der Waals surface area contributed by atoms with Crippen molar-refractivity contribution < 1.29 is 19.0 Å². The number of hydrogen-bond donors (Lipinski definition) is 2. The average molecular weight is 425 g/mol. The minimum atomic E-state index is -0.322. The molecule has 0 bridgehead atoms. The lowest BCUT2D eigenvalue weighted by Crippen LogP contribution is -2.44. The zero-order valence-corrected chi connectivity index (χ0v) is 18.1. The molecule has 2 heterocycles.